The SMILES string of the molecule is CCn1cc(CN(C)C(=O)c2cc(C(F)(F)F)nn2C)cn1. The first kappa shape index (κ1) is 16.1. The minimum absolute atomic E-state index is 0.113. The van der Waals surface area contributed by atoms with Crippen LogP contribution in [-0.4, -0.2) is 37.4 Å². The van der Waals surface area contributed by atoms with Crippen molar-refractivity contribution in [3.05, 3.63) is 35.4 Å². The molecule has 0 N–H and O–H groups in total. The molecule has 9 heteroatoms. The van der Waals surface area contributed by atoms with E-state index in [0.29, 0.717) is 6.54 Å². The van der Waals surface area contributed by atoms with E-state index >= 15 is 0 Å². The van der Waals surface area contributed by atoms with Gasteiger partial charge in [-0.25, -0.2) is 0 Å². The summed E-state index contributed by atoms with van der Waals surface area (Å²) in [5.74, 6) is -0.533. The Morgan fingerprint density at radius 3 is 2.59 bits per heavy atom. The van der Waals surface area contributed by atoms with E-state index in [2.05, 4.69) is 10.2 Å². The number of rotatable bonds is 4. The summed E-state index contributed by atoms with van der Waals surface area (Å²) in [5, 5.41) is 7.42. The number of aryl methyl sites for hydroxylation is 2. The van der Waals surface area contributed by atoms with Gasteiger partial charge in [0, 0.05) is 45.0 Å². The average molecular weight is 315 g/mol. The summed E-state index contributed by atoms with van der Waals surface area (Å²) in [6.45, 7) is 2.89. The second-order valence-electron chi connectivity index (χ2n) is 4.90. The van der Waals surface area contributed by atoms with Gasteiger partial charge >= 0.3 is 6.18 Å². The van der Waals surface area contributed by atoms with Crippen LogP contribution in [0.2, 0.25) is 0 Å². The zero-order chi connectivity index (χ0) is 16.5. The third-order valence-electron chi connectivity index (χ3n) is 3.17. The highest BCUT2D eigenvalue weighted by Gasteiger charge is 2.35. The van der Waals surface area contributed by atoms with Gasteiger partial charge in [-0.3, -0.25) is 14.2 Å². The lowest BCUT2D eigenvalue weighted by Crippen LogP contribution is -2.27. The van der Waals surface area contributed by atoms with Crippen molar-refractivity contribution in [3.63, 3.8) is 0 Å². The van der Waals surface area contributed by atoms with Gasteiger partial charge < -0.3 is 4.90 Å². The zero-order valence-electron chi connectivity index (χ0n) is 12.4. The smallest absolute Gasteiger partial charge is 0.336 e. The highest BCUT2D eigenvalue weighted by Crippen LogP contribution is 2.28. The van der Waals surface area contributed by atoms with Crippen molar-refractivity contribution in [3.8, 4) is 0 Å². The minimum atomic E-state index is -4.57. The molecule has 0 unspecified atom stereocenters. The molecule has 0 atom stereocenters. The van der Waals surface area contributed by atoms with Gasteiger partial charge in [0.1, 0.15) is 5.69 Å². The van der Waals surface area contributed by atoms with E-state index in [1.807, 2.05) is 6.92 Å². The number of hydrogen-bond acceptors (Lipinski definition) is 3. The highest BCUT2D eigenvalue weighted by atomic mass is 19.4. The number of halogens is 3. The third kappa shape index (κ3) is 3.29. The first-order valence-corrected chi connectivity index (χ1v) is 6.60. The molecule has 0 aliphatic rings. The molecule has 6 nitrogen and oxygen atoms in total. The summed E-state index contributed by atoms with van der Waals surface area (Å²) in [6, 6.07) is 0.758. The van der Waals surface area contributed by atoms with Crippen molar-refractivity contribution in [1.82, 2.24) is 24.5 Å². The highest BCUT2D eigenvalue weighted by molar-refractivity contribution is 5.92. The number of hydrogen-bond donors (Lipinski definition) is 0. The Bertz CT molecular complexity index is 674. The molecule has 0 bridgehead atoms. The number of alkyl halides is 3. The average Bonchev–Trinajstić information content (AvgIpc) is 3.03. The maximum Gasteiger partial charge on any atom is 0.435 e. The van der Waals surface area contributed by atoms with Crippen LogP contribution in [-0.2, 0) is 26.3 Å². The number of amides is 1. The van der Waals surface area contributed by atoms with E-state index < -0.39 is 17.8 Å². The van der Waals surface area contributed by atoms with Gasteiger partial charge in [-0.15, -0.1) is 0 Å². The van der Waals surface area contributed by atoms with Gasteiger partial charge in [-0.05, 0) is 6.92 Å². The van der Waals surface area contributed by atoms with E-state index in [0.717, 1.165) is 16.3 Å². The lowest BCUT2D eigenvalue weighted by atomic mass is 10.3. The second kappa shape index (κ2) is 5.82. The summed E-state index contributed by atoms with van der Waals surface area (Å²) in [7, 11) is 2.83. The molecule has 1 amide bonds. The maximum atomic E-state index is 12.6. The molecule has 0 fully saturated rings. The van der Waals surface area contributed by atoms with E-state index in [9.17, 15) is 18.0 Å². The first-order valence-electron chi connectivity index (χ1n) is 6.60. The molecular formula is C13H16F3N5O. The van der Waals surface area contributed by atoms with Crippen LogP contribution in [0, 0.1) is 0 Å². The Labute approximate surface area is 125 Å². The molecule has 2 aromatic heterocycles. The van der Waals surface area contributed by atoms with Crippen molar-refractivity contribution in [2.45, 2.75) is 26.2 Å². The molecule has 120 valence electrons. The lowest BCUT2D eigenvalue weighted by Gasteiger charge is -2.15. The largest absolute Gasteiger partial charge is 0.435 e. The molecule has 0 saturated heterocycles. The Morgan fingerprint density at radius 2 is 2.09 bits per heavy atom. The number of carbonyl (C=O) groups excluding carboxylic acids is 1. The number of carbonyl (C=O) groups is 1. The summed E-state index contributed by atoms with van der Waals surface area (Å²) in [6.07, 6.45) is -1.16. The molecule has 0 spiro atoms. The Balaban J connectivity index is 2.15. The molecule has 22 heavy (non-hydrogen) atoms. The molecule has 0 radical (unpaired) electrons. The Kier molecular flexibility index (Phi) is 4.25. The van der Waals surface area contributed by atoms with Gasteiger partial charge in [-0.2, -0.15) is 23.4 Å². The number of aromatic nitrogens is 4. The van der Waals surface area contributed by atoms with E-state index in [1.165, 1.54) is 19.0 Å². The summed E-state index contributed by atoms with van der Waals surface area (Å²) >= 11 is 0. The van der Waals surface area contributed by atoms with Crippen LogP contribution in [0.1, 0.15) is 28.7 Å². The lowest BCUT2D eigenvalue weighted by molar-refractivity contribution is -0.141. The van der Waals surface area contributed by atoms with Crippen molar-refractivity contribution >= 4 is 5.91 Å². The molecule has 0 aromatic carbocycles. The first-order chi connectivity index (χ1) is 10.2. The van der Waals surface area contributed by atoms with Crippen molar-refractivity contribution < 1.29 is 18.0 Å². The Morgan fingerprint density at radius 1 is 1.41 bits per heavy atom. The predicted molar refractivity (Wildman–Crippen MR) is 71.9 cm³/mol. The van der Waals surface area contributed by atoms with Crippen LogP contribution < -0.4 is 0 Å². The normalized spacial score (nSPS) is 11.7. The van der Waals surface area contributed by atoms with Crippen LogP contribution in [0.4, 0.5) is 13.2 Å². The van der Waals surface area contributed by atoms with Crippen LogP contribution in [0.25, 0.3) is 0 Å². The summed E-state index contributed by atoms with van der Waals surface area (Å²) in [5.41, 5.74) is -0.390. The maximum absolute atomic E-state index is 12.6. The van der Waals surface area contributed by atoms with Crippen LogP contribution in [0.3, 0.4) is 0 Å². The number of nitrogens with zero attached hydrogens (tertiary/aromatic N) is 5. The van der Waals surface area contributed by atoms with Crippen LogP contribution in [0.15, 0.2) is 18.5 Å². The van der Waals surface area contributed by atoms with E-state index in [-0.39, 0.29) is 12.2 Å². The Hall–Kier alpha value is -2.32. The van der Waals surface area contributed by atoms with Crippen LogP contribution in [0.5, 0.6) is 0 Å². The molecule has 2 rings (SSSR count). The second-order valence-corrected chi connectivity index (χ2v) is 4.90. The topological polar surface area (TPSA) is 56.0 Å². The van der Waals surface area contributed by atoms with Gasteiger partial charge in [0.15, 0.2) is 5.69 Å². The molecule has 2 heterocycles. The molecule has 0 aliphatic carbocycles. The molecule has 0 aliphatic heterocycles. The minimum Gasteiger partial charge on any atom is -0.336 e. The predicted octanol–water partition coefficient (Wildman–Crippen LogP) is 1.93. The third-order valence-corrected chi connectivity index (χ3v) is 3.17. The van der Waals surface area contributed by atoms with Gasteiger partial charge in [0.25, 0.3) is 5.91 Å². The molecular weight excluding hydrogens is 299 g/mol. The summed E-state index contributed by atoms with van der Waals surface area (Å²) in [4.78, 5) is 13.6. The monoisotopic (exact) mass is 315 g/mol. The van der Waals surface area contributed by atoms with Gasteiger partial charge in [0.05, 0.1) is 6.20 Å². The quantitative estimate of drug-likeness (QED) is 0.866. The van der Waals surface area contributed by atoms with Crippen molar-refractivity contribution in [1.29, 1.82) is 0 Å². The van der Waals surface area contributed by atoms with Crippen LogP contribution >= 0.6 is 0 Å². The van der Waals surface area contributed by atoms with Gasteiger partial charge in [-0.1, -0.05) is 0 Å². The molecule has 2 aromatic rings. The standard InChI is InChI=1S/C13H16F3N5O/c1-4-21-8-9(6-17-21)7-19(2)12(22)10-5-11(13(14,15)16)18-20(10)3/h5-6,8H,4,7H2,1-3H3. The molecule has 0 saturated carbocycles. The fourth-order valence-electron chi connectivity index (χ4n) is 2.01. The zero-order valence-corrected chi connectivity index (χ0v) is 12.4. The fraction of sp³-hybridized carbons (Fsp3) is 0.462. The van der Waals surface area contributed by atoms with Crippen molar-refractivity contribution in [2.75, 3.05) is 7.05 Å². The summed E-state index contributed by atoms with van der Waals surface area (Å²) < 4.78 is 40.5. The van der Waals surface area contributed by atoms with Gasteiger partial charge in [0.2, 0.25) is 0 Å². The van der Waals surface area contributed by atoms with E-state index in [1.54, 1.807) is 17.1 Å². The van der Waals surface area contributed by atoms with Crippen molar-refractivity contribution in [2.24, 2.45) is 7.05 Å². The fourth-order valence-corrected chi connectivity index (χ4v) is 2.01. The van der Waals surface area contributed by atoms with E-state index in [4.69, 9.17) is 0 Å².